The fraction of sp³-hybridized carbons (Fsp3) is 0.545. The van der Waals surface area contributed by atoms with Gasteiger partial charge in [-0.3, -0.25) is 4.79 Å². The summed E-state index contributed by atoms with van der Waals surface area (Å²) >= 11 is 1.60. The minimum atomic E-state index is -0.0613. The van der Waals surface area contributed by atoms with Gasteiger partial charge in [-0.05, 0) is 17.9 Å². The van der Waals surface area contributed by atoms with E-state index in [9.17, 15) is 4.79 Å². The molecule has 3 N–H and O–H groups in total. The molecule has 1 rings (SSSR count). The average molecular weight is 242 g/mol. The van der Waals surface area contributed by atoms with Gasteiger partial charge >= 0.3 is 0 Å². The number of aliphatic hydroxyl groups is 1. The van der Waals surface area contributed by atoms with Crippen LogP contribution in [0, 0.1) is 0 Å². The summed E-state index contributed by atoms with van der Waals surface area (Å²) < 4.78 is 0. The van der Waals surface area contributed by atoms with E-state index >= 15 is 0 Å². The van der Waals surface area contributed by atoms with E-state index in [-0.39, 0.29) is 18.6 Å². The molecule has 1 amide bonds. The van der Waals surface area contributed by atoms with Crippen LogP contribution in [0.2, 0.25) is 0 Å². The predicted molar refractivity (Wildman–Crippen MR) is 66.6 cm³/mol. The third-order valence-corrected chi connectivity index (χ3v) is 3.24. The van der Waals surface area contributed by atoms with Crippen LogP contribution in [0.15, 0.2) is 11.4 Å². The van der Waals surface area contributed by atoms with Gasteiger partial charge < -0.3 is 15.7 Å². The van der Waals surface area contributed by atoms with Crippen molar-refractivity contribution in [2.45, 2.75) is 32.9 Å². The zero-order valence-corrected chi connectivity index (χ0v) is 10.4. The minimum Gasteiger partial charge on any atom is -0.395 e. The van der Waals surface area contributed by atoms with Crippen molar-refractivity contribution < 1.29 is 9.90 Å². The van der Waals surface area contributed by atoms with Crippen LogP contribution in [0.5, 0.6) is 0 Å². The quantitative estimate of drug-likeness (QED) is 0.709. The number of hydrogen-bond acceptors (Lipinski definition) is 4. The number of amides is 1. The molecule has 0 aliphatic heterocycles. The first kappa shape index (κ1) is 13.2. The topological polar surface area (TPSA) is 61.4 Å². The fourth-order valence-corrected chi connectivity index (χ4v) is 2.13. The van der Waals surface area contributed by atoms with Crippen LogP contribution in [0.1, 0.15) is 25.1 Å². The summed E-state index contributed by atoms with van der Waals surface area (Å²) in [5, 5.41) is 17.0. The third kappa shape index (κ3) is 3.92. The SMILES string of the molecule is CCC(CO)NCc1sccc1NC(C)=O. The lowest BCUT2D eigenvalue weighted by Gasteiger charge is -2.13. The number of nitrogens with one attached hydrogen (secondary N) is 2. The van der Waals surface area contributed by atoms with Crippen molar-refractivity contribution in [3.63, 3.8) is 0 Å². The van der Waals surface area contributed by atoms with Gasteiger partial charge in [0, 0.05) is 24.4 Å². The van der Waals surface area contributed by atoms with E-state index in [1.54, 1.807) is 11.3 Å². The fourth-order valence-electron chi connectivity index (χ4n) is 1.35. The van der Waals surface area contributed by atoms with Gasteiger partial charge in [-0.1, -0.05) is 6.92 Å². The number of carbonyl (C=O) groups excluding carboxylic acids is 1. The Morgan fingerprint density at radius 1 is 1.62 bits per heavy atom. The van der Waals surface area contributed by atoms with Crippen molar-refractivity contribution in [2.24, 2.45) is 0 Å². The third-order valence-electron chi connectivity index (χ3n) is 2.32. The molecule has 1 aromatic heterocycles. The molecule has 0 bridgehead atoms. The lowest BCUT2D eigenvalue weighted by atomic mass is 10.2. The standard InChI is InChI=1S/C11H18N2O2S/c1-3-9(7-14)12-6-11-10(4-5-16-11)13-8(2)15/h4-5,9,12,14H,3,6-7H2,1-2H3,(H,13,15). The van der Waals surface area contributed by atoms with Gasteiger partial charge in [0.05, 0.1) is 12.3 Å². The lowest BCUT2D eigenvalue weighted by Crippen LogP contribution is -2.31. The zero-order chi connectivity index (χ0) is 12.0. The second-order valence-electron chi connectivity index (χ2n) is 3.61. The first-order valence-corrected chi connectivity index (χ1v) is 6.23. The normalized spacial score (nSPS) is 12.4. The molecular formula is C11H18N2O2S. The molecule has 0 saturated carbocycles. The van der Waals surface area contributed by atoms with E-state index < -0.39 is 0 Å². The number of rotatable bonds is 6. The summed E-state index contributed by atoms with van der Waals surface area (Å²) in [5.41, 5.74) is 0.859. The summed E-state index contributed by atoms with van der Waals surface area (Å²) in [7, 11) is 0. The summed E-state index contributed by atoms with van der Waals surface area (Å²) in [6.07, 6.45) is 0.886. The van der Waals surface area contributed by atoms with Crippen molar-refractivity contribution in [1.29, 1.82) is 0 Å². The molecule has 0 saturated heterocycles. The van der Waals surface area contributed by atoms with Crippen LogP contribution in [0.4, 0.5) is 5.69 Å². The zero-order valence-electron chi connectivity index (χ0n) is 9.62. The molecule has 0 aliphatic rings. The first-order chi connectivity index (χ1) is 7.67. The molecule has 1 unspecified atom stereocenters. The highest BCUT2D eigenvalue weighted by Crippen LogP contribution is 2.22. The summed E-state index contributed by atoms with van der Waals surface area (Å²) in [4.78, 5) is 12.0. The first-order valence-electron chi connectivity index (χ1n) is 5.35. The van der Waals surface area contributed by atoms with Crippen LogP contribution in [-0.2, 0) is 11.3 Å². The van der Waals surface area contributed by atoms with Crippen molar-refractivity contribution in [3.8, 4) is 0 Å². The van der Waals surface area contributed by atoms with Gasteiger partial charge in [-0.15, -0.1) is 11.3 Å². The summed E-state index contributed by atoms with van der Waals surface area (Å²) in [5.74, 6) is -0.0613. The largest absolute Gasteiger partial charge is 0.395 e. The molecule has 5 heteroatoms. The second-order valence-corrected chi connectivity index (χ2v) is 4.61. The molecule has 4 nitrogen and oxygen atoms in total. The van der Waals surface area contributed by atoms with E-state index in [1.807, 2.05) is 18.4 Å². The Bertz CT molecular complexity index is 334. The van der Waals surface area contributed by atoms with E-state index in [0.29, 0.717) is 6.54 Å². The van der Waals surface area contributed by atoms with Gasteiger partial charge in [0.15, 0.2) is 0 Å². The maximum absolute atomic E-state index is 10.9. The predicted octanol–water partition coefficient (Wildman–Crippen LogP) is 1.57. The van der Waals surface area contributed by atoms with Crippen LogP contribution >= 0.6 is 11.3 Å². The lowest BCUT2D eigenvalue weighted by molar-refractivity contribution is -0.114. The van der Waals surface area contributed by atoms with Gasteiger partial charge in [0.25, 0.3) is 0 Å². The molecule has 0 radical (unpaired) electrons. The Kier molecular flexibility index (Phi) is 5.45. The highest BCUT2D eigenvalue weighted by Gasteiger charge is 2.08. The Balaban J connectivity index is 2.53. The van der Waals surface area contributed by atoms with Crippen molar-refractivity contribution in [3.05, 3.63) is 16.3 Å². The van der Waals surface area contributed by atoms with E-state index in [0.717, 1.165) is 17.0 Å². The van der Waals surface area contributed by atoms with E-state index in [2.05, 4.69) is 10.6 Å². The second kappa shape index (κ2) is 6.62. The maximum atomic E-state index is 10.9. The molecular weight excluding hydrogens is 224 g/mol. The smallest absolute Gasteiger partial charge is 0.221 e. The Morgan fingerprint density at radius 3 is 2.94 bits per heavy atom. The molecule has 0 fully saturated rings. The van der Waals surface area contributed by atoms with E-state index in [1.165, 1.54) is 6.92 Å². The summed E-state index contributed by atoms with van der Waals surface area (Å²) in [6.45, 7) is 4.33. The minimum absolute atomic E-state index is 0.0613. The molecule has 90 valence electrons. The molecule has 1 heterocycles. The van der Waals surface area contributed by atoms with Gasteiger partial charge in [-0.2, -0.15) is 0 Å². The van der Waals surface area contributed by atoms with Gasteiger partial charge in [0.1, 0.15) is 0 Å². The van der Waals surface area contributed by atoms with Crippen LogP contribution in [0.25, 0.3) is 0 Å². The summed E-state index contributed by atoms with van der Waals surface area (Å²) in [6, 6.07) is 2.01. The Labute approximate surface area is 99.7 Å². The number of thiophene rings is 1. The number of anilines is 1. The van der Waals surface area contributed by atoms with Crippen LogP contribution < -0.4 is 10.6 Å². The number of carbonyl (C=O) groups is 1. The Hall–Kier alpha value is -0.910. The molecule has 1 aromatic rings. The van der Waals surface area contributed by atoms with Gasteiger partial charge in [-0.25, -0.2) is 0 Å². The van der Waals surface area contributed by atoms with Crippen LogP contribution in [0.3, 0.4) is 0 Å². The average Bonchev–Trinajstić information content (AvgIpc) is 2.66. The molecule has 1 atom stereocenters. The number of hydrogen-bond donors (Lipinski definition) is 3. The van der Waals surface area contributed by atoms with Crippen molar-refractivity contribution >= 4 is 22.9 Å². The van der Waals surface area contributed by atoms with Crippen molar-refractivity contribution in [2.75, 3.05) is 11.9 Å². The monoisotopic (exact) mass is 242 g/mol. The van der Waals surface area contributed by atoms with Crippen molar-refractivity contribution in [1.82, 2.24) is 5.32 Å². The molecule has 0 spiro atoms. The highest BCUT2D eigenvalue weighted by molar-refractivity contribution is 7.10. The van der Waals surface area contributed by atoms with Crippen LogP contribution in [-0.4, -0.2) is 23.7 Å². The maximum Gasteiger partial charge on any atom is 0.221 e. The number of aliphatic hydroxyl groups excluding tert-OH is 1. The van der Waals surface area contributed by atoms with Gasteiger partial charge in [0.2, 0.25) is 5.91 Å². The van der Waals surface area contributed by atoms with E-state index in [4.69, 9.17) is 5.11 Å². The molecule has 16 heavy (non-hydrogen) atoms. The highest BCUT2D eigenvalue weighted by atomic mass is 32.1. The Morgan fingerprint density at radius 2 is 2.38 bits per heavy atom. The molecule has 0 aliphatic carbocycles. The molecule has 0 aromatic carbocycles.